The van der Waals surface area contributed by atoms with Crippen molar-refractivity contribution in [1.82, 2.24) is 4.72 Å². The average molecular weight is 362 g/mol. The van der Waals surface area contributed by atoms with Crippen molar-refractivity contribution >= 4 is 21.6 Å². The number of hydrogen-bond acceptors (Lipinski definition) is 4. The first-order chi connectivity index (χ1) is 10.8. The van der Waals surface area contributed by atoms with E-state index < -0.39 is 15.3 Å². The minimum absolute atomic E-state index is 0.246. The number of nitrogens with one attached hydrogen (secondary N) is 1. The zero-order valence-corrected chi connectivity index (χ0v) is 15.3. The van der Waals surface area contributed by atoms with Gasteiger partial charge in [-0.15, -0.1) is 0 Å². The number of halogens is 1. The maximum absolute atomic E-state index is 12.6. The molecule has 2 atom stereocenters. The van der Waals surface area contributed by atoms with E-state index in [0.29, 0.717) is 36.1 Å². The Hall–Kier alpha value is -0.820. The Balaban J connectivity index is 2.32. The molecule has 2 unspecified atom stereocenters. The van der Waals surface area contributed by atoms with Gasteiger partial charge in [0.2, 0.25) is 10.0 Å². The summed E-state index contributed by atoms with van der Waals surface area (Å²) in [5.41, 5.74) is 0.760. The summed E-state index contributed by atoms with van der Waals surface area (Å²) in [4.78, 5) is 0. The lowest BCUT2D eigenvalue weighted by molar-refractivity contribution is 0.198. The predicted molar refractivity (Wildman–Crippen MR) is 91.5 cm³/mol. The van der Waals surface area contributed by atoms with Gasteiger partial charge < -0.3 is 9.47 Å². The second-order valence-corrected chi connectivity index (χ2v) is 8.65. The van der Waals surface area contributed by atoms with E-state index in [1.165, 1.54) is 0 Å². The first kappa shape index (κ1) is 18.5. The zero-order chi connectivity index (χ0) is 17.0. The topological polar surface area (TPSA) is 64.6 Å². The first-order valence-corrected chi connectivity index (χ1v) is 9.68. The summed E-state index contributed by atoms with van der Waals surface area (Å²) in [7, 11) is -1.90. The number of hydrogen-bond donors (Lipinski definition) is 1. The van der Waals surface area contributed by atoms with Crippen molar-refractivity contribution in [3.63, 3.8) is 0 Å². The summed E-state index contributed by atoms with van der Waals surface area (Å²) in [6.45, 7) is 4.84. The molecule has 5 nitrogen and oxygen atoms in total. The van der Waals surface area contributed by atoms with E-state index in [1.54, 1.807) is 25.3 Å². The van der Waals surface area contributed by atoms with Crippen molar-refractivity contribution in [2.75, 3.05) is 20.3 Å². The van der Waals surface area contributed by atoms with E-state index in [9.17, 15) is 8.42 Å². The lowest BCUT2D eigenvalue weighted by Crippen LogP contribution is -2.37. The molecule has 0 aromatic heterocycles. The molecular formula is C16H24ClNO4S. The highest BCUT2D eigenvalue weighted by atomic mass is 35.5. The molecule has 1 saturated heterocycles. The highest BCUT2D eigenvalue weighted by Gasteiger charge is 2.32. The number of rotatable bonds is 7. The Labute approximate surface area is 143 Å². The van der Waals surface area contributed by atoms with Crippen LogP contribution in [0.5, 0.6) is 5.75 Å². The van der Waals surface area contributed by atoms with Crippen molar-refractivity contribution in [2.45, 2.75) is 38.0 Å². The average Bonchev–Trinajstić information content (AvgIpc) is 3.01. The minimum Gasteiger partial charge on any atom is -0.496 e. The molecule has 130 valence electrons. The van der Waals surface area contributed by atoms with Crippen LogP contribution in [-0.2, 0) is 14.8 Å². The molecule has 0 aliphatic carbocycles. The summed E-state index contributed by atoms with van der Waals surface area (Å²) in [6, 6.07) is 4.88. The largest absolute Gasteiger partial charge is 0.496 e. The molecule has 2 rings (SSSR count). The monoisotopic (exact) mass is 361 g/mol. The van der Waals surface area contributed by atoms with Crippen LogP contribution in [-0.4, -0.2) is 34.0 Å². The van der Waals surface area contributed by atoms with Gasteiger partial charge in [0, 0.05) is 17.2 Å². The third-order valence-corrected chi connectivity index (χ3v) is 6.01. The van der Waals surface area contributed by atoms with E-state index in [1.807, 2.05) is 0 Å². The molecule has 1 heterocycles. The van der Waals surface area contributed by atoms with Crippen molar-refractivity contribution in [3.8, 4) is 5.75 Å². The predicted octanol–water partition coefficient (Wildman–Crippen LogP) is 3.14. The van der Waals surface area contributed by atoms with Crippen molar-refractivity contribution in [2.24, 2.45) is 5.92 Å². The highest BCUT2D eigenvalue weighted by Crippen LogP contribution is 2.33. The van der Waals surface area contributed by atoms with Gasteiger partial charge in [0.15, 0.2) is 0 Å². The zero-order valence-electron chi connectivity index (χ0n) is 13.7. The summed E-state index contributed by atoms with van der Waals surface area (Å²) in [6.07, 6.45) is 1.18. The molecule has 1 aliphatic rings. The van der Waals surface area contributed by atoms with Gasteiger partial charge >= 0.3 is 0 Å². The third-order valence-electron chi connectivity index (χ3n) is 3.91. The maximum atomic E-state index is 12.6. The lowest BCUT2D eigenvalue weighted by Gasteiger charge is -2.24. The second-order valence-electron chi connectivity index (χ2n) is 6.22. The fourth-order valence-corrected chi connectivity index (χ4v) is 4.41. The van der Waals surface area contributed by atoms with Crippen LogP contribution < -0.4 is 9.46 Å². The molecule has 1 aromatic carbocycles. The van der Waals surface area contributed by atoms with Crippen LogP contribution >= 0.6 is 11.6 Å². The number of methoxy groups -OCH3 is 1. The summed E-state index contributed by atoms with van der Waals surface area (Å²) in [5, 5.41) is 0.0558. The SMILES string of the molecule is COc1ccc(Cl)cc1C(CC(C)C)NS(=O)(=O)C1CCOC1. The van der Waals surface area contributed by atoms with Crippen LogP contribution in [0, 0.1) is 5.92 Å². The lowest BCUT2D eigenvalue weighted by atomic mass is 9.97. The third kappa shape index (κ3) is 4.83. The number of ether oxygens (including phenoxy) is 2. The Morgan fingerprint density at radius 3 is 2.74 bits per heavy atom. The van der Waals surface area contributed by atoms with E-state index >= 15 is 0 Å². The van der Waals surface area contributed by atoms with Gasteiger partial charge in [-0.1, -0.05) is 25.4 Å². The highest BCUT2D eigenvalue weighted by molar-refractivity contribution is 7.90. The quantitative estimate of drug-likeness (QED) is 0.810. The van der Waals surface area contributed by atoms with Crippen LogP contribution in [0.1, 0.15) is 38.3 Å². The molecule has 0 spiro atoms. The molecule has 0 saturated carbocycles. The Kier molecular flexibility index (Phi) is 6.31. The molecule has 1 N–H and O–H groups in total. The van der Waals surface area contributed by atoms with Gasteiger partial charge in [-0.05, 0) is 37.0 Å². The standard InChI is InChI=1S/C16H24ClNO4S/c1-11(2)8-15(14-9-12(17)4-5-16(14)21-3)18-23(19,20)13-6-7-22-10-13/h4-5,9,11,13,15,18H,6-8,10H2,1-3H3. The molecule has 1 aromatic rings. The van der Waals surface area contributed by atoms with Gasteiger partial charge in [0.1, 0.15) is 11.0 Å². The number of benzene rings is 1. The summed E-state index contributed by atoms with van der Waals surface area (Å²) in [5.74, 6) is 0.941. The van der Waals surface area contributed by atoms with Crippen LogP contribution in [0.25, 0.3) is 0 Å². The van der Waals surface area contributed by atoms with E-state index in [-0.39, 0.29) is 12.6 Å². The van der Waals surface area contributed by atoms with Gasteiger partial charge in [-0.3, -0.25) is 0 Å². The van der Waals surface area contributed by atoms with E-state index in [4.69, 9.17) is 21.1 Å². The van der Waals surface area contributed by atoms with Crippen LogP contribution in [0.2, 0.25) is 5.02 Å². The Morgan fingerprint density at radius 2 is 2.17 bits per heavy atom. The minimum atomic E-state index is -3.46. The van der Waals surface area contributed by atoms with Gasteiger partial charge in [-0.2, -0.15) is 0 Å². The molecule has 23 heavy (non-hydrogen) atoms. The second kappa shape index (κ2) is 7.83. The van der Waals surface area contributed by atoms with Crippen molar-refractivity contribution < 1.29 is 17.9 Å². The van der Waals surface area contributed by atoms with Crippen LogP contribution in [0.3, 0.4) is 0 Å². The Bertz CT molecular complexity index is 627. The molecule has 0 bridgehead atoms. The molecule has 0 radical (unpaired) electrons. The van der Waals surface area contributed by atoms with Crippen molar-refractivity contribution in [1.29, 1.82) is 0 Å². The molecule has 7 heteroatoms. The maximum Gasteiger partial charge on any atom is 0.217 e. The molecule has 0 amide bonds. The van der Waals surface area contributed by atoms with Gasteiger partial charge in [-0.25, -0.2) is 13.1 Å². The van der Waals surface area contributed by atoms with Crippen LogP contribution in [0.4, 0.5) is 0 Å². The van der Waals surface area contributed by atoms with Crippen LogP contribution in [0.15, 0.2) is 18.2 Å². The van der Waals surface area contributed by atoms with E-state index in [2.05, 4.69) is 18.6 Å². The van der Waals surface area contributed by atoms with Gasteiger partial charge in [0.25, 0.3) is 0 Å². The fraction of sp³-hybridized carbons (Fsp3) is 0.625. The Morgan fingerprint density at radius 1 is 1.43 bits per heavy atom. The summed E-state index contributed by atoms with van der Waals surface area (Å²) < 4.78 is 38.7. The van der Waals surface area contributed by atoms with Gasteiger partial charge in [0.05, 0.1) is 19.8 Å². The summed E-state index contributed by atoms with van der Waals surface area (Å²) >= 11 is 6.10. The number of sulfonamides is 1. The first-order valence-electron chi connectivity index (χ1n) is 7.75. The smallest absolute Gasteiger partial charge is 0.217 e. The molecular weight excluding hydrogens is 338 g/mol. The molecule has 1 aliphatic heterocycles. The fourth-order valence-electron chi connectivity index (χ4n) is 2.74. The van der Waals surface area contributed by atoms with Crippen molar-refractivity contribution in [3.05, 3.63) is 28.8 Å². The molecule has 1 fully saturated rings. The normalized spacial score (nSPS) is 20.0. The van der Waals surface area contributed by atoms with E-state index in [0.717, 1.165) is 5.56 Å².